The third-order valence-corrected chi connectivity index (χ3v) is 5.28. The SMILES string of the molecule is CCNC(=NCCc1cc(Cl)ccc1Br)NC1CCN(C(=O)OC)CC1.I. The van der Waals surface area contributed by atoms with E-state index < -0.39 is 0 Å². The summed E-state index contributed by atoms with van der Waals surface area (Å²) in [5, 5.41) is 7.48. The fraction of sp³-hybridized carbons (Fsp3) is 0.556. The molecule has 1 fully saturated rings. The van der Waals surface area contributed by atoms with Gasteiger partial charge in [0, 0.05) is 41.7 Å². The van der Waals surface area contributed by atoms with E-state index in [0.29, 0.717) is 25.7 Å². The molecular weight excluding hydrogens is 546 g/mol. The highest BCUT2D eigenvalue weighted by atomic mass is 127. The van der Waals surface area contributed by atoms with E-state index in [1.807, 2.05) is 25.1 Å². The largest absolute Gasteiger partial charge is 0.453 e. The Hall–Kier alpha value is -0.740. The molecule has 1 heterocycles. The number of piperidine rings is 1. The number of amides is 1. The molecule has 2 N–H and O–H groups in total. The van der Waals surface area contributed by atoms with E-state index in [-0.39, 0.29) is 30.1 Å². The summed E-state index contributed by atoms with van der Waals surface area (Å²) in [6.45, 7) is 4.89. The Balaban J connectivity index is 0.00000364. The van der Waals surface area contributed by atoms with Crippen molar-refractivity contribution >= 4 is 63.6 Å². The molecule has 0 aliphatic carbocycles. The second kappa shape index (κ2) is 12.7. The van der Waals surface area contributed by atoms with Crippen LogP contribution in [0.3, 0.4) is 0 Å². The first-order chi connectivity index (χ1) is 12.5. The predicted octanol–water partition coefficient (Wildman–Crippen LogP) is 4.05. The number of carbonyl (C=O) groups is 1. The summed E-state index contributed by atoms with van der Waals surface area (Å²) in [4.78, 5) is 18.0. The van der Waals surface area contributed by atoms with Gasteiger partial charge in [0.25, 0.3) is 0 Å². The molecule has 0 spiro atoms. The molecule has 2 rings (SSSR count). The molecule has 27 heavy (non-hydrogen) atoms. The van der Waals surface area contributed by atoms with Gasteiger partial charge in [-0.05, 0) is 49.9 Å². The topological polar surface area (TPSA) is 66.0 Å². The van der Waals surface area contributed by atoms with E-state index in [9.17, 15) is 4.79 Å². The summed E-state index contributed by atoms with van der Waals surface area (Å²) in [6.07, 6.45) is 2.30. The molecule has 6 nitrogen and oxygen atoms in total. The molecule has 0 saturated carbocycles. The minimum atomic E-state index is -0.254. The Labute approximate surface area is 191 Å². The second-order valence-electron chi connectivity index (χ2n) is 6.12. The number of hydrogen-bond donors (Lipinski definition) is 2. The third-order valence-electron chi connectivity index (χ3n) is 4.27. The Morgan fingerprint density at radius 2 is 2.11 bits per heavy atom. The van der Waals surface area contributed by atoms with Crippen molar-refractivity contribution in [1.29, 1.82) is 0 Å². The summed E-state index contributed by atoms with van der Waals surface area (Å²) in [5.74, 6) is 0.808. The first kappa shape index (κ1) is 24.3. The van der Waals surface area contributed by atoms with Crippen molar-refractivity contribution in [2.24, 2.45) is 4.99 Å². The third kappa shape index (κ3) is 8.03. The van der Waals surface area contributed by atoms with Crippen LogP contribution in [0.5, 0.6) is 0 Å². The van der Waals surface area contributed by atoms with Crippen molar-refractivity contribution in [3.05, 3.63) is 33.3 Å². The number of ether oxygens (including phenoxy) is 1. The number of guanidine groups is 1. The molecule has 1 aliphatic heterocycles. The average Bonchev–Trinajstić information content (AvgIpc) is 2.64. The van der Waals surface area contributed by atoms with Crippen molar-refractivity contribution in [3.63, 3.8) is 0 Å². The lowest BCUT2D eigenvalue weighted by Gasteiger charge is -2.32. The van der Waals surface area contributed by atoms with Crippen LogP contribution in [-0.2, 0) is 11.2 Å². The summed E-state index contributed by atoms with van der Waals surface area (Å²) in [7, 11) is 1.42. The molecule has 1 aromatic rings. The molecule has 1 saturated heterocycles. The molecule has 0 aromatic heterocycles. The average molecular weight is 574 g/mol. The molecule has 1 aromatic carbocycles. The highest BCUT2D eigenvalue weighted by Crippen LogP contribution is 2.21. The van der Waals surface area contributed by atoms with Crippen LogP contribution in [0.25, 0.3) is 0 Å². The van der Waals surface area contributed by atoms with Crippen LogP contribution >= 0.6 is 51.5 Å². The molecule has 1 aliphatic rings. The number of halogens is 3. The van der Waals surface area contributed by atoms with Gasteiger partial charge < -0.3 is 20.3 Å². The standard InChI is InChI=1S/C18H26BrClN4O2.HI/c1-3-21-17(22-9-6-13-12-14(20)4-5-16(13)19)23-15-7-10-24(11-8-15)18(25)26-2;/h4-5,12,15H,3,6-11H2,1-2H3,(H2,21,22,23);1H. The maximum atomic E-state index is 11.6. The maximum absolute atomic E-state index is 11.6. The van der Waals surface area contributed by atoms with Gasteiger partial charge >= 0.3 is 6.09 Å². The number of nitrogens with one attached hydrogen (secondary N) is 2. The molecule has 1 amide bonds. The van der Waals surface area contributed by atoms with Gasteiger partial charge in [0.05, 0.1) is 7.11 Å². The summed E-state index contributed by atoms with van der Waals surface area (Å²) in [6, 6.07) is 6.08. The van der Waals surface area contributed by atoms with Gasteiger partial charge in [0.2, 0.25) is 0 Å². The Morgan fingerprint density at radius 1 is 1.41 bits per heavy atom. The van der Waals surface area contributed by atoms with Gasteiger partial charge in [-0.3, -0.25) is 4.99 Å². The van der Waals surface area contributed by atoms with Gasteiger partial charge in [-0.25, -0.2) is 4.79 Å². The number of aliphatic imine (C=N–C) groups is 1. The van der Waals surface area contributed by atoms with Gasteiger partial charge in [-0.2, -0.15) is 0 Å². The van der Waals surface area contributed by atoms with E-state index in [1.165, 1.54) is 7.11 Å². The zero-order chi connectivity index (χ0) is 18.9. The highest BCUT2D eigenvalue weighted by molar-refractivity contribution is 14.0. The van der Waals surface area contributed by atoms with Gasteiger partial charge in [-0.1, -0.05) is 27.5 Å². The predicted molar refractivity (Wildman–Crippen MR) is 124 cm³/mol. The Bertz CT molecular complexity index is 640. The van der Waals surface area contributed by atoms with Crippen molar-refractivity contribution in [3.8, 4) is 0 Å². The molecule has 0 unspecified atom stereocenters. The smallest absolute Gasteiger partial charge is 0.409 e. The van der Waals surface area contributed by atoms with Crippen LogP contribution in [0.15, 0.2) is 27.7 Å². The Kier molecular flexibility index (Phi) is 11.4. The molecule has 0 radical (unpaired) electrons. The van der Waals surface area contributed by atoms with E-state index in [0.717, 1.165) is 46.8 Å². The summed E-state index contributed by atoms with van der Waals surface area (Å²) in [5.41, 5.74) is 1.14. The van der Waals surface area contributed by atoms with Crippen LogP contribution in [0.2, 0.25) is 5.02 Å². The van der Waals surface area contributed by atoms with Gasteiger partial charge in [0.15, 0.2) is 5.96 Å². The van der Waals surface area contributed by atoms with E-state index in [1.54, 1.807) is 4.90 Å². The molecule has 0 atom stereocenters. The van der Waals surface area contributed by atoms with E-state index >= 15 is 0 Å². The minimum absolute atomic E-state index is 0. The van der Waals surface area contributed by atoms with Crippen LogP contribution in [0.4, 0.5) is 4.79 Å². The van der Waals surface area contributed by atoms with Crippen LogP contribution in [0.1, 0.15) is 25.3 Å². The number of benzene rings is 1. The van der Waals surface area contributed by atoms with Gasteiger partial charge in [0.1, 0.15) is 0 Å². The lowest BCUT2D eigenvalue weighted by Crippen LogP contribution is -2.49. The zero-order valence-corrected chi connectivity index (χ0v) is 20.3. The van der Waals surface area contributed by atoms with E-state index in [2.05, 4.69) is 31.6 Å². The fourth-order valence-electron chi connectivity index (χ4n) is 2.87. The fourth-order valence-corrected chi connectivity index (χ4v) is 3.51. The summed E-state index contributed by atoms with van der Waals surface area (Å²) >= 11 is 9.61. The number of hydrogen-bond acceptors (Lipinski definition) is 3. The quantitative estimate of drug-likeness (QED) is 0.317. The second-order valence-corrected chi connectivity index (χ2v) is 7.41. The van der Waals surface area contributed by atoms with Crippen molar-refractivity contribution in [2.75, 3.05) is 33.3 Å². The lowest BCUT2D eigenvalue weighted by molar-refractivity contribution is 0.111. The first-order valence-electron chi connectivity index (χ1n) is 8.85. The maximum Gasteiger partial charge on any atom is 0.409 e. The van der Waals surface area contributed by atoms with Crippen molar-refractivity contribution in [1.82, 2.24) is 15.5 Å². The van der Waals surface area contributed by atoms with Gasteiger partial charge in [-0.15, -0.1) is 24.0 Å². The van der Waals surface area contributed by atoms with Crippen molar-refractivity contribution in [2.45, 2.75) is 32.2 Å². The van der Waals surface area contributed by atoms with Crippen molar-refractivity contribution < 1.29 is 9.53 Å². The van der Waals surface area contributed by atoms with Crippen LogP contribution < -0.4 is 10.6 Å². The van der Waals surface area contributed by atoms with Crippen LogP contribution in [0, 0.1) is 0 Å². The molecule has 9 heteroatoms. The number of methoxy groups -OCH3 is 1. The number of carbonyl (C=O) groups excluding carboxylic acids is 1. The molecule has 152 valence electrons. The summed E-state index contributed by atoms with van der Waals surface area (Å²) < 4.78 is 5.82. The van der Waals surface area contributed by atoms with Crippen LogP contribution in [-0.4, -0.2) is 56.3 Å². The highest BCUT2D eigenvalue weighted by Gasteiger charge is 2.23. The molecular formula is C18H27BrClIN4O2. The lowest BCUT2D eigenvalue weighted by atomic mass is 10.1. The monoisotopic (exact) mass is 572 g/mol. The van der Waals surface area contributed by atoms with E-state index in [4.69, 9.17) is 16.3 Å². The zero-order valence-electron chi connectivity index (χ0n) is 15.6. The first-order valence-corrected chi connectivity index (χ1v) is 10.0. The normalized spacial score (nSPS) is 15.1. The number of rotatable bonds is 5. The number of likely N-dealkylation sites (tertiary alicyclic amines) is 1. The molecule has 0 bridgehead atoms. The number of nitrogens with zero attached hydrogens (tertiary/aromatic N) is 2. The minimum Gasteiger partial charge on any atom is -0.453 e. The Morgan fingerprint density at radius 3 is 2.74 bits per heavy atom.